The first kappa shape index (κ1) is 78.2. The normalized spacial score (nSPS) is 14.8. The van der Waals surface area contributed by atoms with Crippen LogP contribution in [0.15, 0.2) is 60.8 Å². The first-order valence-electron chi connectivity index (χ1n) is 31.6. The Morgan fingerprint density at radius 3 is 1.00 bits per heavy atom. The van der Waals surface area contributed by atoms with E-state index in [2.05, 4.69) is 81.5 Å². The highest BCUT2D eigenvalue weighted by atomic mass is 31.2. The molecule has 0 amide bonds. The Balaban J connectivity index is 4.74. The van der Waals surface area contributed by atoms with E-state index in [9.17, 15) is 43.5 Å². The second kappa shape index (κ2) is 57.7. The molecule has 0 saturated heterocycles. The van der Waals surface area contributed by atoms with Crippen LogP contribution in [0.4, 0.5) is 0 Å². The van der Waals surface area contributed by atoms with Crippen molar-refractivity contribution in [3.63, 3.8) is 0 Å². The summed E-state index contributed by atoms with van der Waals surface area (Å²) in [5.41, 5.74) is 0. The second-order valence-corrected chi connectivity index (χ2v) is 24.1. The summed E-state index contributed by atoms with van der Waals surface area (Å²) < 4.78 is 60.7. The molecule has 4 N–H and O–H groups in total. The number of esters is 3. The molecule has 0 aromatic rings. The van der Waals surface area contributed by atoms with E-state index in [1.165, 1.54) is 77.0 Å². The molecule has 16 nitrogen and oxygen atoms in total. The van der Waals surface area contributed by atoms with Crippen LogP contribution in [0, 0.1) is 0 Å². The Hall–Kier alpha value is -2.75. The predicted octanol–water partition coefficient (Wildman–Crippen LogP) is 16.6. The largest absolute Gasteiger partial charge is 0.472 e. The number of allylic oxidation sites excluding steroid dienone is 10. The van der Waals surface area contributed by atoms with Crippen molar-refractivity contribution >= 4 is 33.6 Å². The molecule has 18 heteroatoms. The van der Waals surface area contributed by atoms with E-state index in [1.54, 1.807) is 0 Å². The van der Waals surface area contributed by atoms with Crippen molar-refractivity contribution in [2.45, 2.75) is 283 Å². The van der Waals surface area contributed by atoms with Crippen molar-refractivity contribution in [1.29, 1.82) is 0 Å². The van der Waals surface area contributed by atoms with E-state index in [0.29, 0.717) is 19.3 Å². The highest BCUT2D eigenvalue weighted by Crippen LogP contribution is 2.45. The molecule has 5 atom stereocenters. The Kier molecular flexibility index (Phi) is 55.7. The zero-order valence-corrected chi connectivity index (χ0v) is 52.5. The zero-order chi connectivity index (χ0) is 59.6. The van der Waals surface area contributed by atoms with Crippen LogP contribution in [0.5, 0.6) is 0 Å². The van der Waals surface area contributed by atoms with Crippen LogP contribution in [0.2, 0.25) is 0 Å². The van der Waals surface area contributed by atoms with Crippen molar-refractivity contribution in [2.75, 3.05) is 39.6 Å². The number of carbonyl (C=O) groups is 3. The fourth-order valence-corrected chi connectivity index (χ4v) is 9.86. The number of hydrogen-bond acceptors (Lipinski definition) is 14. The summed E-state index contributed by atoms with van der Waals surface area (Å²) in [6.07, 6.45) is 55.6. The molecule has 0 aliphatic carbocycles. The molecule has 81 heavy (non-hydrogen) atoms. The van der Waals surface area contributed by atoms with Gasteiger partial charge >= 0.3 is 33.6 Å². The van der Waals surface area contributed by atoms with E-state index in [4.69, 9.17) is 32.3 Å². The van der Waals surface area contributed by atoms with Crippen LogP contribution in [0.25, 0.3) is 0 Å². The minimum atomic E-state index is -4.92. The van der Waals surface area contributed by atoms with Gasteiger partial charge in [-0.25, -0.2) is 9.13 Å². The molecule has 472 valence electrons. The van der Waals surface area contributed by atoms with Crippen molar-refractivity contribution in [3.05, 3.63) is 60.8 Å². The quantitative estimate of drug-likeness (QED) is 0.0146. The van der Waals surface area contributed by atoms with Crippen LogP contribution in [0.3, 0.4) is 0 Å². The summed E-state index contributed by atoms with van der Waals surface area (Å²) in [4.78, 5) is 58.2. The smallest absolute Gasteiger partial charge is 0.463 e. The summed E-state index contributed by atoms with van der Waals surface area (Å²) in [6, 6.07) is 0. The van der Waals surface area contributed by atoms with E-state index in [-0.39, 0.29) is 19.3 Å². The number of carbonyl (C=O) groups excluding carboxylic acids is 3. The highest BCUT2D eigenvalue weighted by molar-refractivity contribution is 7.47. The average Bonchev–Trinajstić information content (AvgIpc) is 3.45. The molecule has 0 saturated carbocycles. The summed E-state index contributed by atoms with van der Waals surface area (Å²) >= 11 is 0. The lowest BCUT2D eigenvalue weighted by Gasteiger charge is -2.21. The maximum atomic E-state index is 12.9. The average molecular weight is 1190 g/mol. The highest BCUT2D eigenvalue weighted by Gasteiger charge is 2.29. The van der Waals surface area contributed by atoms with Crippen molar-refractivity contribution in [2.24, 2.45) is 0 Å². The Bertz CT molecular complexity index is 1730. The molecule has 0 aromatic carbocycles. The fourth-order valence-electron chi connectivity index (χ4n) is 8.27. The number of phosphoric acid groups is 2. The second-order valence-electron chi connectivity index (χ2n) is 21.2. The minimum absolute atomic E-state index is 0.0933. The molecule has 0 aliphatic heterocycles. The van der Waals surface area contributed by atoms with Gasteiger partial charge in [-0.15, -0.1) is 0 Å². The van der Waals surface area contributed by atoms with Crippen molar-refractivity contribution in [3.8, 4) is 0 Å². The van der Waals surface area contributed by atoms with Gasteiger partial charge in [0, 0.05) is 19.3 Å². The Labute approximate surface area is 490 Å². The van der Waals surface area contributed by atoms with E-state index in [1.807, 2.05) is 0 Å². The molecule has 0 aromatic heterocycles. The third kappa shape index (κ3) is 58.8. The van der Waals surface area contributed by atoms with E-state index < -0.39 is 91.5 Å². The maximum absolute atomic E-state index is 12.9. The third-order valence-corrected chi connectivity index (χ3v) is 15.1. The summed E-state index contributed by atoms with van der Waals surface area (Å²) in [7, 11) is -9.76. The monoisotopic (exact) mass is 1190 g/mol. The van der Waals surface area contributed by atoms with Gasteiger partial charge in [0.15, 0.2) is 6.10 Å². The van der Waals surface area contributed by atoms with Crippen LogP contribution in [-0.2, 0) is 55.8 Å². The van der Waals surface area contributed by atoms with Crippen LogP contribution >= 0.6 is 15.6 Å². The predicted molar refractivity (Wildman–Crippen MR) is 325 cm³/mol. The van der Waals surface area contributed by atoms with Crippen molar-refractivity contribution in [1.82, 2.24) is 0 Å². The third-order valence-electron chi connectivity index (χ3n) is 13.2. The first-order chi connectivity index (χ1) is 39.2. The maximum Gasteiger partial charge on any atom is 0.472 e. The summed E-state index contributed by atoms with van der Waals surface area (Å²) in [5.74, 6) is -1.61. The van der Waals surface area contributed by atoms with Crippen LogP contribution in [0.1, 0.15) is 265 Å². The number of ether oxygens (including phenoxy) is 3. The molecule has 5 unspecified atom stereocenters. The SMILES string of the molecule is CCCCC/C=C\C/C=C\CCCCCCCC(=O)OCC(O)COP(=O)(O)OCC(O)COP(=O)(O)OCC(COC(=O)CCCCCCC/C=C\C/C=C\CCCCC)OC(=O)CCCCCCC/C=C\CCCCCCCC. The number of aliphatic hydroxyl groups is 2. The van der Waals surface area contributed by atoms with Gasteiger partial charge in [-0.3, -0.25) is 32.5 Å². The van der Waals surface area contributed by atoms with Gasteiger partial charge in [0.1, 0.15) is 25.4 Å². The van der Waals surface area contributed by atoms with Crippen molar-refractivity contribution < 1.29 is 75.8 Å². The Morgan fingerprint density at radius 2 is 0.617 bits per heavy atom. The summed E-state index contributed by atoms with van der Waals surface area (Å²) in [6.45, 7) is 2.57. The summed E-state index contributed by atoms with van der Waals surface area (Å²) in [5, 5.41) is 20.5. The van der Waals surface area contributed by atoms with Gasteiger partial charge in [-0.05, 0) is 109 Å². The van der Waals surface area contributed by atoms with Gasteiger partial charge in [0.25, 0.3) is 0 Å². The number of rotatable bonds is 60. The van der Waals surface area contributed by atoms with Crippen LogP contribution < -0.4 is 0 Å². The lowest BCUT2D eigenvalue weighted by atomic mass is 10.1. The van der Waals surface area contributed by atoms with Gasteiger partial charge in [-0.2, -0.15) is 0 Å². The van der Waals surface area contributed by atoms with E-state index in [0.717, 1.165) is 128 Å². The van der Waals surface area contributed by atoms with Crippen LogP contribution in [-0.4, -0.2) is 95.9 Å². The molecule has 0 radical (unpaired) electrons. The zero-order valence-electron chi connectivity index (χ0n) is 50.7. The van der Waals surface area contributed by atoms with Gasteiger partial charge < -0.3 is 34.2 Å². The Morgan fingerprint density at radius 1 is 0.346 bits per heavy atom. The minimum Gasteiger partial charge on any atom is -0.463 e. The van der Waals surface area contributed by atoms with E-state index >= 15 is 0 Å². The fraction of sp³-hybridized carbons (Fsp3) is 0.794. The number of hydrogen-bond donors (Lipinski definition) is 4. The molecule has 0 rings (SSSR count). The molecular formula is C63H114O16P2. The molecule has 0 aliphatic rings. The molecule has 0 spiro atoms. The lowest BCUT2D eigenvalue weighted by molar-refractivity contribution is -0.161. The standard InChI is InChI=1S/C63H114O16P2/c1-4-7-10-13-16-19-22-25-28-31-34-37-40-43-46-49-61(66)73-52-58(64)53-75-80(69,70)76-54-59(65)55-77-81(71,72)78-57-60(79-63(68)51-48-45-42-39-36-33-30-27-24-21-18-15-12-9-6-3)56-74-62(67)50-47-44-41-38-35-32-29-26-23-20-17-14-11-8-5-2/h16-17,19-20,25-30,58-60,64-65H,4-15,18,21-24,31-57H2,1-3H3,(H,69,70)(H,71,72)/b19-16-,20-17-,28-25-,29-26-,30-27-. The van der Waals surface area contributed by atoms with Gasteiger partial charge in [0.2, 0.25) is 0 Å². The number of unbranched alkanes of at least 4 members (excludes halogenated alkanes) is 27. The topological polar surface area (TPSA) is 231 Å². The molecular weight excluding hydrogens is 1070 g/mol. The van der Waals surface area contributed by atoms with Gasteiger partial charge in [0.05, 0.1) is 26.4 Å². The first-order valence-corrected chi connectivity index (χ1v) is 34.6. The number of phosphoric ester groups is 2. The van der Waals surface area contributed by atoms with Gasteiger partial charge in [-0.1, -0.05) is 197 Å². The molecule has 0 fully saturated rings. The lowest BCUT2D eigenvalue weighted by Crippen LogP contribution is -2.30. The molecule has 0 bridgehead atoms. The number of aliphatic hydroxyl groups excluding tert-OH is 2. The molecule has 0 heterocycles.